The van der Waals surface area contributed by atoms with E-state index in [1.165, 1.54) is 0 Å². The van der Waals surface area contributed by atoms with Gasteiger partial charge in [0.05, 0.1) is 5.41 Å². The quantitative estimate of drug-likeness (QED) is 0.840. The molecule has 86 valence electrons. The van der Waals surface area contributed by atoms with Gasteiger partial charge in [-0.05, 0) is 32.0 Å². The highest BCUT2D eigenvalue weighted by molar-refractivity contribution is 5.76. The number of hydrogen-bond acceptors (Lipinski definition) is 2. The van der Waals surface area contributed by atoms with Crippen molar-refractivity contribution in [3.63, 3.8) is 0 Å². The maximum Gasteiger partial charge on any atom is 0.311 e. The van der Waals surface area contributed by atoms with Crippen LogP contribution in [0.3, 0.4) is 0 Å². The van der Waals surface area contributed by atoms with Crippen molar-refractivity contribution in [1.29, 1.82) is 0 Å². The summed E-state index contributed by atoms with van der Waals surface area (Å²) >= 11 is 0. The molecule has 0 amide bonds. The molecule has 0 aliphatic carbocycles. The summed E-state index contributed by atoms with van der Waals surface area (Å²) in [5, 5.41) is 9.42. The fourth-order valence-corrected chi connectivity index (χ4v) is 2.46. The lowest BCUT2D eigenvalue weighted by Crippen LogP contribution is -2.35. The lowest BCUT2D eigenvalue weighted by atomic mass is 9.81. The van der Waals surface area contributed by atoms with Crippen LogP contribution in [0.5, 0.6) is 0 Å². The normalized spacial score (nSPS) is 25.8. The maximum atomic E-state index is 11.4. The molecular formula is C13H17NO2. The van der Waals surface area contributed by atoms with Crippen LogP contribution in [-0.2, 0) is 11.2 Å². The van der Waals surface area contributed by atoms with Crippen LogP contribution in [0.4, 0.5) is 0 Å². The topological polar surface area (TPSA) is 40.5 Å². The Bertz CT molecular complexity index is 377. The number of likely N-dealkylation sites (tertiary alicyclic amines) is 1. The van der Waals surface area contributed by atoms with E-state index in [0.717, 1.165) is 18.5 Å². The molecule has 1 aliphatic heterocycles. The fourth-order valence-electron chi connectivity index (χ4n) is 2.46. The van der Waals surface area contributed by atoms with Crippen molar-refractivity contribution in [2.45, 2.75) is 12.8 Å². The van der Waals surface area contributed by atoms with E-state index in [2.05, 4.69) is 4.90 Å². The number of carboxylic acid groups (broad SMARTS) is 1. The number of hydrogen-bond donors (Lipinski definition) is 1. The lowest BCUT2D eigenvalue weighted by Gasteiger charge is -2.23. The Labute approximate surface area is 95.7 Å². The molecule has 1 aromatic rings. The third-order valence-corrected chi connectivity index (χ3v) is 3.38. The summed E-state index contributed by atoms with van der Waals surface area (Å²) < 4.78 is 0. The standard InChI is InChI=1S/C13H17NO2/c1-14-8-7-13(10-14,12(15)16)9-11-5-3-2-4-6-11/h2-6H,7-10H2,1H3,(H,15,16). The van der Waals surface area contributed by atoms with Gasteiger partial charge < -0.3 is 10.0 Å². The highest BCUT2D eigenvalue weighted by Gasteiger charge is 2.43. The van der Waals surface area contributed by atoms with Crippen LogP contribution in [0.25, 0.3) is 0 Å². The predicted octanol–water partition coefficient (Wildman–Crippen LogP) is 1.64. The largest absolute Gasteiger partial charge is 0.481 e. The van der Waals surface area contributed by atoms with Gasteiger partial charge >= 0.3 is 5.97 Å². The minimum Gasteiger partial charge on any atom is -0.481 e. The van der Waals surface area contributed by atoms with E-state index >= 15 is 0 Å². The van der Waals surface area contributed by atoms with E-state index in [-0.39, 0.29) is 0 Å². The van der Waals surface area contributed by atoms with Gasteiger partial charge in [0.2, 0.25) is 0 Å². The molecule has 1 N–H and O–H groups in total. The summed E-state index contributed by atoms with van der Waals surface area (Å²) in [5.74, 6) is -0.666. The van der Waals surface area contributed by atoms with Gasteiger partial charge in [-0.1, -0.05) is 30.3 Å². The number of carboxylic acids is 1. The molecule has 1 heterocycles. The minimum absolute atomic E-state index is 0.587. The minimum atomic E-state index is -0.666. The van der Waals surface area contributed by atoms with Crippen LogP contribution < -0.4 is 0 Å². The molecule has 3 nitrogen and oxygen atoms in total. The average molecular weight is 219 g/mol. The highest BCUT2D eigenvalue weighted by Crippen LogP contribution is 2.33. The Balaban J connectivity index is 2.19. The molecule has 2 rings (SSSR count). The monoisotopic (exact) mass is 219 g/mol. The molecular weight excluding hydrogens is 202 g/mol. The first kappa shape index (κ1) is 11.1. The number of nitrogens with zero attached hydrogens (tertiary/aromatic N) is 1. The van der Waals surface area contributed by atoms with Crippen molar-refractivity contribution in [2.24, 2.45) is 5.41 Å². The smallest absolute Gasteiger partial charge is 0.311 e. The number of aliphatic carboxylic acids is 1. The molecule has 0 saturated carbocycles. The van der Waals surface area contributed by atoms with Gasteiger partial charge in [0.25, 0.3) is 0 Å². The van der Waals surface area contributed by atoms with E-state index in [1.807, 2.05) is 37.4 Å². The van der Waals surface area contributed by atoms with Crippen LogP contribution in [0.2, 0.25) is 0 Å². The van der Waals surface area contributed by atoms with Crippen molar-refractivity contribution in [3.05, 3.63) is 35.9 Å². The SMILES string of the molecule is CN1CCC(Cc2ccccc2)(C(=O)O)C1. The lowest BCUT2D eigenvalue weighted by molar-refractivity contribution is -0.148. The molecule has 16 heavy (non-hydrogen) atoms. The molecule has 1 saturated heterocycles. The molecule has 0 radical (unpaired) electrons. The number of benzene rings is 1. The van der Waals surface area contributed by atoms with Gasteiger partial charge in [0, 0.05) is 6.54 Å². The number of carbonyl (C=O) groups is 1. The Morgan fingerprint density at radius 1 is 1.44 bits per heavy atom. The Morgan fingerprint density at radius 3 is 2.62 bits per heavy atom. The third-order valence-electron chi connectivity index (χ3n) is 3.38. The Hall–Kier alpha value is -1.35. The first-order valence-corrected chi connectivity index (χ1v) is 5.58. The van der Waals surface area contributed by atoms with Gasteiger partial charge in [-0.2, -0.15) is 0 Å². The van der Waals surface area contributed by atoms with Crippen molar-refractivity contribution in [3.8, 4) is 0 Å². The fraction of sp³-hybridized carbons (Fsp3) is 0.462. The van der Waals surface area contributed by atoms with E-state index in [0.29, 0.717) is 13.0 Å². The molecule has 0 bridgehead atoms. The second-order valence-corrected chi connectivity index (χ2v) is 4.74. The highest BCUT2D eigenvalue weighted by atomic mass is 16.4. The van der Waals surface area contributed by atoms with Crippen LogP contribution in [0.15, 0.2) is 30.3 Å². The van der Waals surface area contributed by atoms with Crippen molar-refractivity contribution in [1.82, 2.24) is 4.90 Å². The van der Waals surface area contributed by atoms with Crippen molar-refractivity contribution >= 4 is 5.97 Å². The molecule has 1 aromatic carbocycles. The van der Waals surface area contributed by atoms with E-state index in [9.17, 15) is 9.90 Å². The van der Waals surface area contributed by atoms with Gasteiger partial charge in [-0.3, -0.25) is 4.79 Å². The summed E-state index contributed by atoms with van der Waals surface area (Å²) in [4.78, 5) is 13.5. The van der Waals surface area contributed by atoms with Crippen LogP contribution in [-0.4, -0.2) is 36.1 Å². The van der Waals surface area contributed by atoms with Gasteiger partial charge in [0.1, 0.15) is 0 Å². The summed E-state index contributed by atoms with van der Waals surface area (Å²) in [6.45, 7) is 1.52. The van der Waals surface area contributed by atoms with Crippen LogP contribution in [0, 0.1) is 5.41 Å². The van der Waals surface area contributed by atoms with Crippen LogP contribution in [0.1, 0.15) is 12.0 Å². The Kier molecular flexibility index (Phi) is 2.97. The molecule has 1 aliphatic rings. The summed E-state index contributed by atoms with van der Waals surface area (Å²) in [6.07, 6.45) is 1.38. The zero-order chi connectivity index (χ0) is 11.6. The number of rotatable bonds is 3. The molecule has 1 fully saturated rings. The first-order valence-electron chi connectivity index (χ1n) is 5.58. The average Bonchev–Trinajstić information content (AvgIpc) is 2.63. The summed E-state index contributed by atoms with van der Waals surface area (Å²) in [5.41, 5.74) is 0.524. The zero-order valence-corrected chi connectivity index (χ0v) is 9.52. The van der Waals surface area contributed by atoms with Gasteiger partial charge in [-0.25, -0.2) is 0 Å². The van der Waals surface area contributed by atoms with Crippen LogP contribution >= 0.6 is 0 Å². The molecule has 1 unspecified atom stereocenters. The van der Waals surface area contributed by atoms with Crippen molar-refractivity contribution in [2.75, 3.05) is 20.1 Å². The second kappa shape index (κ2) is 4.26. The maximum absolute atomic E-state index is 11.4. The third kappa shape index (κ3) is 2.09. The molecule has 1 atom stereocenters. The van der Waals surface area contributed by atoms with Gasteiger partial charge in [-0.15, -0.1) is 0 Å². The molecule has 3 heteroatoms. The van der Waals surface area contributed by atoms with Gasteiger partial charge in [0.15, 0.2) is 0 Å². The summed E-state index contributed by atoms with van der Waals surface area (Å²) in [6, 6.07) is 9.89. The van der Waals surface area contributed by atoms with E-state index in [1.54, 1.807) is 0 Å². The summed E-state index contributed by atoms with van der Waals surface area (Å²) in [7, 11) is 1.98. The second-order valence-electron chi connectivity index (χ2n) is 4.74. The molecule has 0 spiro atoms. The first-order chi connectivity index (χ1) is 7.62. The molecule has 0 aromatic heterocycles. The van der Waals surface area contributed by atoms with E-state index in [4.69, 9.17) is 0 Å². The van der Waals surface area contributed by atoms with Crippen molar-refractivity contribution < 1.29 is 9.90 Å². The zero-order valence-electron chi connectivity index (χ0n) is 9.52. The van der Waals surface area contributed by atoms with E-state index < -0.39 is 11.4 Å². The predicted molar refractivity (Wildman–Crippen MR) is 62.3 cm³/mol. The Morgan fingerprint density at radius 2 is 2.12 bits per heavy atom.